The summed E-state index contributed by atoms with van der Waals surface area (Å²) in [6, 6.07) is -1.41. The highest BCUT2D eigenvalue weighted by molar-refractivity contribution is 5.82. The molecule has 1 amide bonds. The molecule has 1 saturated heterocycles. The van der Waals surface area contributed by atoms with E-state index in [1.807, 2.05) is 0 Å². The molecule has 0 aliphatic carbocycles. The zero-order chi connectivity index (χ0) is 30.6. The van der Waals surface area contributed by atoms with Crippen molar-refractivity contribution >= 4 is 41.7 Å². The first-order valence-electron chi connectivity index (χ1n) is 12.0. The summed E-state index contributed by atoms with van der Waals surface area (Å²) in [5.41, 5.74) is 0. The van der Waals surface area contributed by atoms with Crippen molar-refractivity contribution in [2.75, 3.05) is 13.7 Å². The van der Waals surface area contributed by atoms with Crippen LogP contribution >= 0.6 is 0 Å². The SMILES string of the molecule is C#CCCC(=O)NC1C(OC(C)=O)CC(OC(C)=O)(C(=O)OC)OC1[C@H](OC(C)=O)[C@@H](COC(C)=O)OC(C)=O. The minimum atomic E-state index is -2.58. The van der Waals surface area contributed by atoms with Gasteiger partial charge in [-0.25, -0.2) is 4.79 Å². The highest BCUT2D eigenvalue weighted by atomic mass is 16.8. The first-order chi connectivity index (χ1) is 18.6. The van der Waals surface area contributed by atoms with Crippen LogP contribution in [0.3, 0.4) is 0 Å². The van der Waals surface area contributed by atoms with Gasteiger partial charge in [0, 0.05) is 47.5 Å². The molecule has 0 aromatic carbocycles. The van der Waals surface area contributed by atoms with Crippen molar-refractivity contribution in [2.45, 2.75) is 90.1 Å². The number of carbonyl (C=O) groups excluding carboxylic acids is 7. The Morgan fingerprint density at radius 2 is 1.57 bits per heavy atom. The maximum absolute atomic E-state index is 12.9. The number of hydrogen-bond donors (Lipinski definition) is 1. The second kappa shape index (κ2) is 15.4. The molecule has 40 heavy (non-hydrogen) atoms. The smallest absolute Gasteiger partial charge is 0.379 e. The third kappa shape index (κ3) is 10.2. The summed E-state index contributed by atoms with van der Waals surface area (Å²) in [7, 11) is 0.965. The van der Waals surface area contributed by atoms with Gasteiger partial charge in [0.25, 0.3) is 0 Å². The molecule has 0 radical (unpaired) electrons. The minimum Gasteiger partial charge on any atom is -0.464 e. The molecule has 0 bridgehead atoms. The molecule has 6 atom stereocenters. The third-order valence-corrected chi connectivity index (χ3v) is 5.26. The Bertz CT molecular complexity index is 1030. The van der Waals surface area contributed by atoms with Crippen LogP contribution in [0.25, 0.3) is 0 Å². The molecule has 1 N–H and O–H groups in total. The molecular formula is C25H33NO14. The fraction of sp³-hybridized carbons (Fsp3) is 0.640. The molecule has 15 nitrogen and oxygen atoms in total. The maximum Gasteiger partial charge on any atom is 0.379 e. The number of nitrogens with one attached hydrogen (secondary N) is 1. The molecule has 4 unspecified atom stereocenters. The van der Waals surface area contributed by atoms with Gasteiger partial charge < -0.3 is 38.5 Å². The first-order valence-corrected chi connectivity index (χ1v) is 12.0. The fourth-order valence-corrected chi connectivity index (χ4v) is 3.94. The topological polar surface area (TPSA) is 196 Å². The van der Waals surface area contributed by atoms with Crippen molar-refractivity contribution in [3.63, 3.8) is 0 Å². The standard InChI is InChI=1S/C25H33NO14/c1-8-9-10-20(32)26-21-18(36-14(3)28)11-25(24(33)34-7,39-17(6)31)40-23(21)22(38-16(5)30)19(37-15(4)29)12-35-13(2)27/h1,18-19,21-23H,9-12H2,2-7H3,(H,26,32)/t18?,19-,21?,22-,23?,25?/m1/s1. The van der Waals surface area contributed by atoms with Crippen molar-refractivity contribution in [1.29, 1.82) is 0 Å². The van der Waals surface area contributed by atoms with Gasteiger partial charge in [-0.15, -0.1) is 12.3 Å². The van der Waals surface area contributed by atoms with Gasteiger partial charge in [-0.3, -0.25) is 28.8 Å². The molecule has 222 valence electrons. The van der Waals surface area contributed by atoms with Crippen LogP contribution in [-0.4, -0.2) is 91.7 Å². The summed E-state index contributed by atoms with van der Waals surface area (Å²) in [4.78, 5) is 85.4. The number of terminal acetylenes is 1. The van der Waals surface area contributed by atoms with Gasteiger partial charge in [-0.05, 0) is 0 Å². The number of methoxy groups -OCH3 is 1. The predicted molar refractivity (Wildman–Crippen MR) is 129 cm³/mol. The third-order valence-electron chi connectivity index (χ3n) is 5.26. The van der Waals surface area contributed by atoms with Crippen molar-refractivity contribution in [3.8, 4) is 12.3 Å². The second-order valence-corrected chi connectivity index (χ2v) is 8.59. The number of hydrogen-bond acceptors (Lipinski definition) is 14. The van der Waals surface area contributed by atoms with Crippen LogP contribution in [0.2, 0.25) is 0 Å². The van der Waals surface area contributed by atoms with E-state index in [9.17, 15) is 33.6 Å². The Hall–Kier alpha value is -4.19. The van der Waals surface area contributed by atoms with E-state index in [0.29, 0.717) is 0 Å². The summed E-state index contributed by atoms with van der Waals surface area (Å²) >= 11 is 0. The molecule has 1 aliphatic heterocycles. The lowest BCUT2D eigenvalue weighted by molar-refractivity contribution is -0.304. The summed E-state index contributed by atoms with van der Waals surface area (Å²) in [5.74, 6) is -6.69. The first kappa shape index (κ1) is 33.8. The summed E-state index contributed by atoms with van der Waals surface area (Å²) in [5, 5.41) is 2.57. The van der Waals surface area contributed by atoms with Gasteiger partial charge in [0.15, 0.2) is 12.2 Å². The van der Waals surface area contributed by atoms with E-state index >= 15 is 0 Å². The number of carbonyl (C=O) groups is 7. The average Bonchev–Trinajstić information content (AvgIpc) is 2.83. The van der Waals surface area contributed by atoms with E-state index in [2.05, 4.69) is 11.2 Å². The van der Waals surface area contributed by atoms with Crippen LogP contribution in [-0.2, 0) is 66.7 Å². The van der Waals surface area contributed by atoms with Crippen molar-refractivity contribution < 1.29 is 66.7 Å². The fourth-order valence-electron chi connectivity index (χ4n) is 3.94. The molecule has 0 spiro atoms. The van der Waals surface area contributed by atoms with Crippen LogP contribution < -0.4 is 5.32 Å². The lowest BCUT2D eigenvalue weighted by Gasteiger charge is -2.48. The highest BCUT2D eigenvalue weighted by Crippen LogP contribution is 2.37. The summed E-state index contributed by atoms with van der Waals surface area (Å²) < 4.78 is 36.9. The number of rotatable bonds is 12. The van der Waals surface area contributed by atoms with Gasteiger partial charge >= 0.3 is 41.6 Å². The Morgan fingerprint density at radius 3 is 2.05 bits per heavy atom. The normalized spacial score (nSPS) is 23.2. The van der Waals surface area contributed by atoms with E-state index in [1.54, 1.807) is 0 Å². The lowest BCUT2D eigenvalue weighted by Crippen LogP contribution is -2.69. The summed E-state index contributed by atoms with van der Waals surface area (Å²) in [6.45, 7) is 4.42. The Kier molecular flexibility index (Phi) is 13.0. The Labute approximate surface area is 230 Å². The van der Waals surface area contributed by atoms with Gasteiger partial charge in [0.05, 0.1) is 19.6 Å². The molecule has 0 aromatic rings. The largest absolute Gasteiger partial charge is 0.464 e. The number of amides is 1. The van der Waals surface area contributed by atoms with E-state index in [-0.39, 0.29) is 12.8 Å². The van der Waals surface area contributed by atoms with Gasteiger partial charge in [-0.2, -0.15) is 0 Å². The molecule has 15 heteroatoms. The molecule has 1 aliphatic rings. The van der Waals surface area contributed by atoms with Crippen molar-refractivity contribution in [1.82, 2.24) is 5.32 Å². The van der Waals surface area contributed by atoms with Crippen LogP contribution in [0.1, 0.15) is 53.9 Å². The van der Waals surface area contributed by atoms with Gasteiger partial charge in [0.1, 0.15) is 18.8 Å². The van der Waals surface area contributed by atoms with E-state index < -0.39 is 91.0 Å². The number of esters is 6. The molecule has 1 heterocycles. The van der Waals surface area contributed by atoms with Crippen LogP contribution in [0, 0.1) is 12.3 Å². The van der Waals surface area contributed by atoms with Crippen molar-refractivity contribution in [3.05, 3.63) is 0 Å². The van der Waals surface area contributed by atoms with Crippen LogP contribution in [0.15, 0.2) is 0 Å². The van der Waals surface area contributed by atoms with E-state index in [4.69, 9.17) is 39.6 Å². The zero-order valence-corrected chi connectivity index (χ0v) is 23.0. The molecule has 0 aromatic heterocycles. The molecule has 1 fully saturated rings. The van der Waals surface area contributed by atoms with E-state index in [0.717, 1.165) is 41.7 Å². The Morgan fingerprint density at radius 1 is 0.950 bits per heavy atom. The van der Waals surface area contributed by atoms with Gasteiger partial charge in [0.2, 0.25) is 5.91 Å². The highest BCUT2D eigenvalue weighted by Gasteiger charge is 2.60. The van der Waals surface area contributed by atoms with Crippen molar-refractivity contribution in [2.24, 2.45) is 0 Å². The quantitative estimate of drug-likeness (QED) is 0.178. The second-order valence-electron chi connectivity index (χ2n) is 8.59. The Balaban J connectivity index is 3.87. The van der Waals surface area contributed by atoms with Crippen LogP contribution in [0.4, 0.5) is 0 Å². The van der Waals surface area contributed by atoms with Gasteiger partial charge in [-0.1, -0.05) is 0 Å². The maximum atomic E-state index is 12.9. The average molecular weight is 572 g/mol. The summed E-state index contributed by atoms with van der Waals surface area (Å²) in [6.07, 6.45) is -2.11. The number of ether oxygens (including phenoxy) is 7. The van der Waals surface area contributed by atoms with E-state index in [1.165, 1.54) is 0 Å². The lowest BCUT2D eigenvalue weighted by atomic mass is 9.87. The zero-order valence-electron chi connectivity index (χ0n) is 23.0. The molecule has 1 rings (SSSR count). The molecule has 0 saturated carbocycles. The predicted octanol–water partition coefficient (Wildman–Crippen LogP) is -0.536. The monoisotopic (exact) mass is 571 g/mol. The minimum absolute atomic E-state index is 0.0255. The van der Waals surface area contributed by atoms with Crippen LogP contribution in [0.5, 0.6) is 0 Å². The molecular weight excluding hydrogens is 538 g/mol.